The average molecular weight is 374 g/mol. The van der Waals surface area contributed by atoms with Crippen LogP contribution in [0.5, 0.6) is 0 Å². The van der Waals surface area contributed by atoms with Crippen molar-refractivity contribution in [3.8, 4) is 0 Å². The van der Waals surface area contributed by atoms with Crippen LogP contribution in [0.2, 0.25) is 5.02 Å². The first kappa shape index (κ1) is 18.1. The molecule has 0 bridgehead atoms. The lowest BCUT2D eigenvalue weighted by Crippen LogP contribution is -2.25. The molecule has 0 unspecified atom stereocenters. The first-order valence-corrected chi connectivity index (χ1v) is 8.55. The summed E-state index contributed by atoms with van der Waals surface area (Å²) in [7, 11) is 0. The number of ether oxygens (including phenoxy) is 1. The summed E-state index contributed by atoms with van der Waals surface area (Å²) in [5.74, 6) is -1.31. The Hall–Kier alpha value is -2.73. The Labute approximate surface area is 154 Å². The van der Waals surface area contributed by atoms with E-state index in [1.54, 1.807) is 6.07 Å². The van der Waals surface area contributed by atoms with E-state index in [1.807, 2.05) is 12.1 Å². The number of nitro benzene ring substituents is 1. The van der Waals surface area contributed by atoms with Gasteiger partial charge in [0.25, 0.3) is 5.69 Å². The van der Waals surface area contributed by atoms with Gasteiger partial charge in [-0.1, -0.05) is 23.7 Å². The van der Waals surface area contributed by atoms with Gasteiger partial charge >= 0.3 is 5.97 Å². The van der Waals surface area contributed by atoms with E-state index in [2.05, 4.69) is 0 Å². The van der Waals surface area contributed by atoms with Crippen LogP contribution in [0, 0.1) is 10.1 Å². The monoisotopic (exact) mass is 373 g/mol. The number of nitro groups is 1. The largest absolute Gasteiger partial charge is 0.450 e. The highest BCUT2D eigenvalue weighted by molar-refractivity contribution is 6.31. The maximum atomic E-state index is 12.6. The fourth-order valence-corrected chi connectivity index (χ4v) is 3.24. The van der Waals surface area contributed by atoms with E-state index in [-0.39, 0.29) is 16.4 Å². The van der Waals surface area contributed by atoms with E-state index in [0.717, 1.165) is 37.0 Å². The Kier molecular flexibility index (Phi) is 5.04. The summed E-state index contributed by atoms with van der Waals surface area (Å²) < 4.78 is 5.17. The van der Waals surface area contributed by atoms with E-state index in [4.69, 9.17) is 16.3 Å². The van der Waals surface area contributed by atoms with Crippen LogP contribution in [-0.2, 0) is 17.6 Å². The molecule has 1 aliphatic carbocycles. The van der Waals surface area contributed by atoms with Gasteiger partial charge in [0.2, 0.25) is 5.78 Å². The molecule has 1 atom stereocenters. The van der Waals surface area contributed by atoms with Crippen LogP contribution in [0.4, 0.5) is 5.69 Å². The predicted molar refractivity (Wildman–Crippen MR) is 95.8 cm³/mol. The number of esters is 1. The summed E-state index contributed by atoms with van der Waals surface area (Å²) in [5.41, 5.74) is 2.14. The van der Waals surface area contributed by atoms with Crippen molar-refractivity contribution < 1.29 is 19.2 Å². The summed E-state index contributed by atoms with van der Waals surface area (Å²) in [6.45, 7) is 1.45. The van der Waals surface area contributed by atoms with Gasteiger partial charge < -0.3 is 4.74 Å². The third-order valence-electron chi connectivity index (χ3n) is 4.41. The summed E-state index contributed by atoms with van der Waals surface area (Å²) in [4.78, 5) is 35.3. The molecule has 0 aliphatic heterocycles. The van der Waals surface area contributed by atoms with Crippen molar-refractivity contribution in [3.63, 3.8) is 0 Å². The summed E-state index contributed by atoms with van der Waals surface area (Å²) in [6.07, 6.45) is 1.93. The number of rotatable bonds is 5. The zero-order valence-electron chi connectivity index (χ0n) is 14.0. The number of halogens is 1. The molecular weight excluding hydrogens is 358 g/mol. The molecule has 0 heterocycles. The van der Waals surface area contributed by atoms with Gasteiger partial charge in [0, 0.05) is 16.7 Å². The maximum absolute atomic E-state index is 12.6. The number of fused-ring (bicyclic) bond motifs is 1. The van der Waals surface area contributed by atoms with Gasteiger partial charge in [-0.2, -0.15) is 0 Å². The van der Waals surface area contributed by atoms with Gasteiger partial charge in [0.1, 0.15) is 5.56 Å². The molecule has 0 N–H and O–H groups in total. The fraction of sp³-hybridized carbons (Fsp3) is 0.263. The number of hydrogen-bond donors (Lipinski definition) is 0. The molecule has 2 aromatic carbocycles. The van der Waals surface area contributed by atoms with E-state index in [0.29, 0.717) is 5.56 Å². The number of aryl methyl sites for hydroxylation is 2. The molecule has 0 fully saturated rings. The molecule has 3 rings (SSSR count). The smallest absolute Gasteiger partial charge is 0.345 e. The van der Waals surface area contributed by atoms with Gasteiger partial charge in [-0.3, -0.25) is 14.9 Å². The van der Waals surface area contributed by atoms with Crippen LogP contribution in [0.3, 0.4) is 0 Å². The fourth-order valence-electron chi connectivity index (χ4n) is 3.07. The summed E-state index contributed by atoms with van der Waals surface area (Å²) >= 11 is 5.82. The normalized spacial score (nSPS) is 13.8. The van der Waals surface area contributed by atoms with Crippen molar-refractivity contribution >= 4 is 29.0 Å². The zero-order valence-corrected chi connectivity index (χ0v) is 14.8. The SMILES string of the molecule is C[C@H](OC(=O)c1cc(Cl)ccc1[N+](=O)[O-])C(=O)c1ccc2c(c1)CCC2. The molecule has 134 valence electrons. The van der Waals surface area contributed by atoms with Crippen molar-refractivity contribution in [1.82, 2.24) is 0 Å². The highest BCUT2D eigenvalue weighted by Crippen LogP contribution is 2.26. The first-order valence-electron chi connectivity index (χ1n) is 8.18. The van der Waals surface area contributed by atoms with Crippen molar-refractivity contribution in [1.29, 1.82) is 0 Å². The highest BCUT2D eigenvalue weighted by atomic mass is 35.5. The van der Waals surface area contributed by atoms with Crippen LogP contribution in [0.1, 0.15) is 45.2 Å². The van der Waals surface area contributed by atoms with Crippen molar-refractivity contribution in [2.24, 2.45) is 0 Å². The minimum atomic E-state index is -1.07. The van der Waals surface area contributed by atoms with Crippen LogP contribution < -0.4 is 0 Å². The molecule has 0 amide bonds. The van der Waals surface area contributed by atoms with E-state index in [1.165, 1.54) is 18.6 Å². The Bertz CT molecular complexity index is 909. The number of Topliss-reactive ketones (excluding diaryl/α,β-unsaturated/α-hetero) is 1. The number of nitrogens with zero attached hydrogens (tertiary/aromatic N) is 1. The van der Waals surface area contributed by atoms with Crippen LogP contribution in [0.15, 0.2) is 36.4 Å². The lowest BCUT2D eigenvalue weighted by Gasteiger charge is -2.13. The van der Waals surface area contributed by atoms with Crippen molar-refractivity contribution in [3.05, 3.63) is 73.8 Å². The summed E-state index contributed by atoms with van der Waals surface area (Å²) in [6, 6.07) is 9.08. The van der Waals surface area contributed by atoms with Gasteiger partial charge in [-0.15, -0.1) is 0 Å². The number of hydrogen-bond acceptors (Lipinski definition) is 5. The Balaban J connectivity index is 1.78. The zero-order chi connectivity index (χ0) is 18.8. The Morgan fingerprint density at radius 3 is 2.62 bits per heavy atom. The predicted octanol–water partition coefficient (Wildman–Crippen LogP) is 4.17. The second-order valence-electron chi connectivity index (χ2n) is 6.17. The van der Waals surface area contributed by atoms with Gasteiger partial charge in [-0.05, 0) is 55.5 Å². The standard InChI is InChI=1S/C19H16ClNO5/c1-11(18(22)14-6-5-12-3-2-4-13(12)9-14)26-19(23)16-10-15(20)7-8-17(16)21(24)25/h5-11H,2-4H2,1H3/t11-/m0/s1. The van der Waals surface area contributed by atoms with E-state index < -0.39 is 22.7 Å². The van der Waals surface area contributed by atoms with Gasteiger partial charge in [0.15, 0.2) is 6.10 Å². The quantitative estimate of drug-likeness (QED) is 0.340. The molecule has 0 radical (unpaired) electrons. The second kappa shape index (κ2) is 7.25. The average Bonchev–Trinajstić information content (AvgIpc) is 3.08. The van der Waals surface area contributed by atoms with Gasteiger partial charge in [0.05, 0.1) is 4.92 Å². The number of carbonyl (C=O) groups is 2. The lowest BCUT2D eigenvalue weighted by atomic mass is 10.0. The minimum absolute atomic E-state index is 0.167. The minimum Gasteiger partial charge on any atom is -0.450 e. The first-order chi connectivity index (χ1) is 12.4. The molecule has 26 heavy (non-hydrogen) atoms. The molecule has 2 aromatic rings. The molecular formula is C19H16ClNO5. The summed E-state index contributed by atoms with van der Waals surface area (Å²) in [5, 5.41) is 11.2. The van der Waals surface area contributed by atoms with Crippen LogP contribution in [-0.4, -0.2) is 22.8 Å². The molecule has 0 spiro atoms. The maximum Gasteiger partial charge on any atom is 0.345 e. The van der Waals surface area contributed by atoms with Gasteiger partial charge in [-0.25, -0.2) is 4.79 Å². The Morgan fingerprint density at radius 1 is 1.15 bits per heavy atom. The number of ketones is 1. The van der Waals surface area contributed by atoms with Crippen molar-refractivity contribution in [2.45, 2.75) is 32.3 Å². The molecule has 1 aliphatic rings. The topological polar surface area (TPSA) is 86.5 Å². The van der Waals surface area contributed by atoms with Crippen LogP contribution >= 0.6 is 11.6 Å². The van der Waals surface area contributed by atoms with Crippen molar-refractivity contribution in [2.75, 3.05) is 0 Å². The van der Waals surface area contributed by atoms with E-state index >= 15 is 0 Å². The molecule has 0 saturated heterocycles. The Morgan fingerprint density at radius 2 is 1.88 bits per heavy atom. The number of benzene rings is 2. The number of carbonyl (C=O) groups excluding carboxylic acids is 2. The third kappa shape index (κ3) is 3.60. The third-order valence-corrected chi connectivity index (χ3v) is 4.65. The van der Waals surface area contributed by atoms with Crippen LogP contribution in [0.25, 0.3) is 0 Å². The molecule has 0 aromatic heterocycles. The second-order valence-corrected chi connectivity index (χ2v) is 6.60. The van der Waals surface area contributed by atoms with E-state index in [9.17, 15) is 19.7 Å². The molecule has 6 nitrogen and oxygen atoms in total. The molecule has 7 heteroatoms. The highest BCUT2D eigenvalue weighted by Gasteiger charge is 2.26. The molecule has 0 saturated carbocycles. The lowest BCUT2D eigenvalue weighted by molar-refractivity contribution is -0.385.